The van der Waals surface area contributed by atoms with Gasteiger partial charge in [-0.05, 0) is 71.2 Å². The Bertz CT molecular complexity index is 1160. The van der Waals surface area contributed by atoms with Crippen molar-refractivity contribution in [2.75, 3.05) is 84.6 Å². The van der Waals surface area contributed by atoms with E-state index in [1.165, 1.54) is 11.1 Å². The van der Waals surface area contributed by atoms with Crippen molar-refractivity contribution < 1.29 is 43.1 Å². The van der Waals surface area contributed by atoms with Crippen molar-refractivity contribution >= 4 is 17.6 Å². The first-order valence-electron chi connectivity index (χ1n) is 15.4. The number of carbonyl (C=O) groups excluding carboxylic acids is 2. The minimum absolute atomic E-state index is 0.00937. The van der Waals surface area contributed by atoms with Crippen LogP contribution in [0.2, 0.25) is 0 Å². The number of benzene rings is 2. The van der Waals surface area contributed by atoms with Gasteiger partial charge in [-0.15, -0.1) is 0 Å². The average Bonchev–Trinajstić information content (AvgIpc) is 3.01. The van der Waals surface area contributed by atoms with Crippen molar-refractivity contribution in [3.63, 3.8) is 0 Å². The molecule has 1 aliphatic rings. The van der Waals surface area contributed by atoms with Crippen LogP contribution in [-0.2, 0) is 39.3 Å². The predicted octanol–water partition coefficient (Wildman–Crippen LogP) is 4.52. The molecule has 0 saturated heterocycles. The van der Waals surface area contributed by atoms with E-state index in [1.807, 2.05) is 6.07 Å². The first-order chi connectivity index (χ1) is 21.1. The van der Waals surface area contributed by atoms with E-state index in [1.54, 1.807) is 24.3 Å². The third-order valence-corrected chi connectivity index (χ3v) is 7.68. The third-order valence-electron chi connectivity index (χ3n) is 7.68. The number of nitrogens with one attached hydrogen (secondary N) is 1. The lowest BCUT2D eigenvalue weighted by Gasteiger charge is -2.42. The lowest BCUT2D eigenvalue weighted by Crippen LogP contribution is -2.33. The normalized spacial score (nSPS) is 15.0. The van der Waals surface area contributed by atoms with Gasteiger partial charge >= 0.3 is 5.97 Å². The molecule has 10 nitrogen and oxygen atoms in total. The summed E-state index contributed by atoms with van der Waals surface area (Å²) >= 11 is 0. The smallest absolute Gasteiger partial charge is 0.338 e. The number of aliphatic hydroxyl groups is 1. The van der Waals surface area contributed by atoms with Crippen molar-refractivity contribution in [1.82, 2.24) is 0 Å². The molecule has 3 rings (SSSR count). The van der Waals surface area contributed by atoms with Gasteiger partial charge in [-0.25, -0.2) is 4.79 Å². The van der Waals surface area contributed by atoms with Gasteiger partial charge in [0, 0.05) is 11.3 Å². The van der Waals surface area contributed by atoms with Gasteiger partial charge in [-0.1, -0.05) is 33.8 Å². The molecule has 2 aromatic rings. The van der Waals surface area contributed by atoms with E-state index < -0.39 is 5.97 Å². The minimum Gasteiger partial charge on any atom is -0.460 e. The monoisotopic (exact) mass is 615 g/mol. The molecule has 0 radical (unpaired) electrons. The molecule has 0 unspecified atom stereocenters. The minimum atomic E-state index is -0.477. The molecule has 0 saturated carbocycles. The summed E-state index contributed by atoms with van der Waals surface area (Å²) in [6, 6.07) is 12.6. The number of hydrogen-bond donors (Lipinski definition) is 2. The Kier molecular flexibility index (Phi) is 14.7. The van der Waals surface area contributed by atoms with Crippen LogP contribution in [0.4, 0.5) is 5.69 Å². The van der Waals surface area contributed by atoms with Gasteiger partial charge < -0.3 is 38.8 Å². The van der Waals surface area contributed by atoms with Gasteiger partial charge in [-0.3, -0.25) is 4.79 Å². The number of aliphatic hydroxyl groups excluding tert-OH is 1. The Hall–Kier alpha value is -2.86. The molecular weight excluding hydrogens is 566 g/mol. The van der Waals surface area contributed by atoms with Crippen molar-refractivity contribution in [2.24, 2.45) is 0 Å². The molecule has 244 valence electrons. The fourth-order valence-corrected chi connectivity index (χ4v) is 4.95. The van der Waals surface area contributed by atoms with Crippen molar-refractivity contribution in [1.29, 1.82) is 0 Å². The summed E-state index contributed by atoms with van der Waals surface area (Å²) in [6.45, 7) is 13.3. The van der Waals surface area contributed by atoms with Gasteiger partial charge in [0.2, 0.25) is 0 Å². The zero-order chi connectivity index (χ0) is 31.8. The summed E-state index contributed by atoms with van der Waals surface area (Å²) in [4.78, 5) is 25.3. The highest BCUT2D eigenvalue weighted by atomic mass is 16.6. The molecule has 0 atom stereocenters. The van der Waals surface area contributed by atoms with E-state index in [4.69, 9.17) is 33.5 Å². The largest absolute Gasteiger partial charge is 0.460 e. The molecule has 0 aromatic heterocycles. The van der Waals surface area contributed by atoms with Crippen LogP contribution in [0.5, 0.6) is 0 Å². The van der Waals surface area contributed by atoms with Crippen LogP contribution in [0.3, 0.4) is 0 Å². The highest BCUT2D eigenvalue weighted by molar-refractivity contribution is 6.05. The Morgan fingerprint density at radius 2 is 1.09 bits per heavy atom. The van der Waals surface area contributed by atoms with Crippen LogP contribution in [0.25, 0.3) is 0 Å². The highest BCUT2D eigenvalue weighted by Gasteiger charge is 2.37. The SMILES string of the molecule is CC1(C)CCC(C)(C)c2cc(NC(=O)c3ccc(C(=O)OCCOCCOCCOCCOCCOCCO)cc3)ccc21. The topological polar surface area (TPSA) is 122 Å². The van der Waals surface area contributed by atoms with Crippen LogP contribution >= 0.6 is 0 Å². The number of esters is 1. The maximum Gasteiger partial charge on any atom is 0.338 e. The Morgan fingerprint density at radius 1 is 0.636 bits per heavy atom. The number of fused-ring (bicyclic) bond motifs is 1. The lowest BCUT2D eigenvalue weighted by molar-refractivity contribution is -0.0167. The maximum absolute atomic E-state index is 12.9. The van der Waals surface area contributed by atoms with Crippen molar-refractivity contribution in [2.45, 2.75) is 51.4 Å². The van der Waals surface area contributed by atoms with E-state index in [2.05, 4.69) is 45.1 Å². The molecule has 2 N–H and O–H groups in total. The highest BCUT2D eigenvalue weighted by Crippen LogP contribution is 2.46. The van der Waals surface area contributed by atoms with Crippen LogP contribution < -0.4 is 5.32 Å². The van der Waals surface area contributed by atoms with E-state index >= 15 is 0 Å². The number of anilines is 1. The van der Waals surface area contributed by atoms with E-state index in [9.17, 15) is 9.59 Å². The molecule has 0 heterocycles. The zero-order valence-electron chi connectivity index (χ0n) is 26.7. The Morgan fingerprint density at radius 3 is 1.61 bits per heavy atom. The van der Waals surface area contributed by atoms with Crippen LogP contribution in [0, 0.1) is 0 Å². The predicted molar refractivity (Wildman–Crippen MR) is 168 cm³/mol. The van der Waals surface area contributed by atoms with Gasteiger partial charge in [-0.2, -0.15) is 0 Å². The summed E-state index contributed by atoms with van der Waals surface area (Å²) in [6.07, 6.45) is 2.23. The molecule has 10 heteroatoms. The quantitative estimate of drug-likeness (QED) is 0.164. The average molecular weight is 616 g/mol. The second kappa shape index (κ2) is 18.2. The molecular formula is C34H49NO9. The Balaban J connectivity index is 1.26. The zero-order valence-corrected chi connectivity index (χ0v) is 26.7. The van der Waals surface area contributed by atoms with Gasteiger partial charge in [0.15, 0.2) is 0 Å². The second-order valence-electron chi connectivity index (χ2n) is 12.0. The van der Waals surface area contributed by atoms with Crippen LogP contribution in [0.15, 0.2) is 42.5 Å². The lowest BCUT2D eigenvalue weighted by atomic mass is 9.63. The maximum atomic E-state index is 12.9. The first-order valence-corrected chi connectivity index (χ1v) is 15.4. The van der Waals surface area contributed by atoms with Gasteiger partial charge in [0.25, 0.3) is 5.91 Å². The van der Waals surface area contributed by atoms with Gasteiger partial charge in [0.1, 0.15) is 6.61 Å². The Labute approximate surface area is 261 Å². The molecule has 2 aromatic carbocycles. The summed E-state index contributed by atoms with van der Waals surface area (Å²) in [5.41, 5.74) is 4.38. The van der Waals surface area contributed by atoms with E-state index in [0.717, 1.165) is 18.5 Å². The fraction of sp³-hybridized carbons (Fsp3) is 0.588. The molecule has 44 heavy (non-hydrogen) atoms. The fourth-order valence-electron chi connectivity index (χ4n) is 4.95. The van der Waals surface area contributed by atoms with Gasteiger partial charge in [0.05, 0.1) is 78.2 Å². The number of carbonyl (C=O) groups is 2. The standard InChI is InChI=1S/C34H49NO9/c1-33(2)11-12-34(3,4)30-25-28(9-10-29(30)33)35-31(37)26-5-7-27(8-6-26)32(38)44-24-23-43-22-21-42-20-19-41-18-17-40-16-15-39-14-13-36/h5-10,25,36H,11-24H2,1-4H3,(H,35,37). The molecule has 0 fully saturated rings. The number of rotatable bonds is 20. The van der Waals surface area contributed by atoms with Crippen molar-refractivity contribution in [3.8, 4) is 0 Å². The molecule has 1 aliphatic carbocycles. The first kappa shape index (κ1) is 35.6. The second-order valence-corrected chi connectivity index (χ2v) is 12.0. The summed E-state index contributed by atoms with van der Waals surface area (Å²) in [5.74, 6) is -0.708. The third kappa shape index (κ3) is 11.6. The van der Waals surface area contributed by atoms with Crippen LogP contribution in [-0.4, -0.2) is 96.3 Å². The van der Waals surface area contributed by atoms with E-state index in [-0.39, 0.29) is 36.6 Å². The van der Waals surface area contributed by atoms with Crippen molar-refractivity contribution in [3.05, 3.63) is 64.7 Å². The molecule has 0 aliphatic heterocycles. The molecule has 0 bridgehead atoms. The summed E-state index contributed by atoms with van der Waals surface area (Å²) in [5, 5.41) is 11.6. The van der Waals surface area contributed by atoms with Crippen LogP contribution in [0.1, 0.15) is 72.4 Å². The summed E-state index contributed by atoms with van der Waals surface area (Å²) < 4.78 is 32.0. The molecule has 1 amide bonds. The number of amides is 1. The number of ether oxygens (including phenoxy) is 6. The summed E-state index contributed by atoms with van der Waals surface area (Å²) in [7, 11) is 0. The molecule has 0 spiro atoms. The number of hydrogen-bond acceptors (Lipinski definition) is 9. The van der Waals surface area contributed by atoms with E-state index in [0.29, 0.717) is 70.6 Å².